The summed E-state index contributed by atoms with van der Waals surface area (Å²) < 4.78 is 1.86. The fourth-order valence-electron chi connectivity index (χ4n) is 3.28. The zero-order valence-electron chi connectivity index (χ0n) is 16.2. The maximum absolute atomic E-state index is 12.9. The van der Waals surface area contributed by atoms with Gasteiger partial charge in [0.15, 0.2) is 11.5 Å². The molecule has 0 atom stereocenters. The van der Waals surface area contributed by atoms with Gasteiger partial charge >= 0.3 is 0 Å². The highest BCUT2D eigenvalue weighted by molar-refractivity contribution is 6.05. The number of nitrogens with zero attached hydrogens (tertiary/aromatic N) is 2. The number of nitrogens with one attached hydrogen (secondary N) is 3. The number of carbonyl (C=O) groups is 3. The maximum Gasteiger partial charge on any atom is 0.287 e. The summed E-state index contributed by atoms with van der Waals surface area (Å²) in [6, 6.07) is 6.90. The van der Waals surface area contributed by atoms with Crippen molar-refractivity contribution in [2.24, 2.45) is 0 Å². The van der Waals surface area contributed by atoms with Gasteiger partial charge in [-0.15, -0.1) is 0 Å². The Morgan fingerprint density at radius 2 is 1.86 bits per heavy atom. The number of hydrogen-bond acceptors (Lipinski definition) is 4. The van der Waals surface area contributed by atoms with Crippen molar-refractivity contribution in [3.05, 3.63) is 41.5 Å². The van der Waals surface area contributed by atoms with Gasteiger partial charge in [0.25, 0.3) is 11.8 Å². The van der Waals surface area contributed by atoms with E-state index < -0.39 is 0 Å². The monoisotopic (exact) mass is 383 g/mol. The first-order valence-electron chi connectivity index (χ1n) is 9.56. The van der Waals surface area contributed by atoms with Gasteiger partial charge in [-0.1, -0.05) is 13.0 Å². The molecule has 148 valence electrons. The summed E-state index contributed by atoms with van der Waals surface area (Å²) in [4.78, 5) is 40.9. The predicted molar refractivity (Wildman–Crippen MR) is 106 cm³/mol. The topological polar surface area (TPSA) is 105 Å². The Morgan fingerprint density at radius 3 is 2.57 bits per heavy atom. The lowest BCUT2D eigenvalue weighted by Gasteiger charge is -2.17. The van der Waals surface area contributed by atoms with E-state index in [1.54, 1.807) is 24.3 Å². The van der Waals surface area contributed by atoms with Crippen molar-refractivity contribution in [1.82, 2.24) is 14.9 Å². The molecule has 0 saturated carbocycles. The van der Waals surface area contributed by atoms with Crippen LogP contribution in [0.5, 0.6) is 0 Å². The summed E-state index contributed by atoms with van der Waals surface area (Å²) in [6.07, 6.45) is 3.46. The van der Waals surface area contributed by atoms with Crippen LogP contribution in [0, 0.1) is 0 Å². The molecule has 2 aromatic rings. The molecule has 0 bridgehead atoms. The zero-order valence-corrected chi connectivity index (χ0v) is 16.2. The minimum Gasteiger partial charge on any atom is -0.349 e. The number of rotatable bonds is 6. The molecule has 0 saturated heterocycles. The third-order valence-corrected chi connectivity index (χ3v) is 4.51. The van der Waals surface area contributed by atoms with Crippen LogP contribution in [0.4, 0.5) is 11.4 Å². The second-order valence-corrected chi connectivity index (χ2v) is 6.81. The van der Waals surface area contributed by atoms with E-state index in [9.17, 15) is 14.4 Å². The highest BCUT2D eigenvalue weighted by Crippen LogP contribution is 2.23. The highest BCUT2D eigenvalue weighted by Gasteiger charge is 2.27. The normalized spacial score (nSPS) is 12.8. The van der Waals surface area contributed by atoms with E-state index in [1.165, 1.54) is 6.92 Å². The number of fused-ring (bicyclic) bond motifs is 1. The Hall–Kier alpha value is -3.16. The van der Waals surface area contributed by atoms with E-state index in [0.717, 1.165) is 25.0 Å². The molecule has 0 spiro atoms. The molecule has 8 nitrogen and oxygen atoms in total. The van der Waals surface area contributed by atoms with Gasteiger partial charge in [0.1, 0.15) is 0 Å². The van der Waals surface area contributed by atoms with Crippen LogP contribution < -0.4 is 16.0 Å². The minimum atomic E-state index is -0.361. The van der Waals surface area contributed by atoms with Crippen LogP contribution in [0.15, 0.2) is 24.3 Å². The molecule has 3 amide bonds. The third kappa shape index (κ3) is 4.39. The molecule has 8 heteroatoms. The Balaban J connectivity index is 1.84. The van der Waals surface area contributed by atoms with E-state index in [2.05, 4.69) is 20.9 Å². The molecular formula is C20H25N5O3. The van der Waals surface area contributed by atoms with Crippen molar-refractivity contribution in [1.29, 1.82) is 0 Å². The predicted octanol–water partition coefficient (Wildman–Crippen LogP) is 2.57. The first kappa shape index (κ1) is 19.6. The lowest BCUT2D eigenvalue weighted by molar-refractivity contribution is -0.114. The molecule has 0 unspecified atom stereocenters. The van der Waals surface area contributed by atoms with Gasteiger partial charge in [0, 0.05) is 31.4 Å². The maximum atomic E-state index is 12.9. The first-order chi connectivity index (χ1) is 13.5. The van der Waals surface area contributed by atoms with Crippen LogP contribution in [-0.4, -0.2) is 33.8 Å². The van der Waals surface area contributed by atoms with Crippen LogP contribution in [-0.2, 0) is 17.8 Å². The largest absolute Gasteiger partial charge is 0.349 e. The molecule has 2 heterocycles. The standard InChI is InChI=1S/C20H25N5O3/c1-3-10-21-20(28)18-24-17(16-9-4-5-11-25(16)18)19(27)23-15-8-6-7-14(12-15)22-13(2)26/h6-8,12H,3-5,9-11H2,1-2H3,(H,21,28)(H,22,26)(H,23,27). The summed E-state index contributed by atoms with van der Waals surface area (Å²) in [7, 11) is 0. The van der Waals surface area contributed by atoms with Crippen LogP contribution in [0.25, 0.3) is 0 Å². The smallest absolute Gasteiger partial charge is 0.287 e. The van der Waals surface area contributed by atoms with Gasteiger partial charge in [0.05, 0.1) is 5.69 Å². The molecule has 1 aromatic carbocycles. The van der Waals surface area contributed by atoms with E-state index in [4.69, 9.17) is 0 Å². The average Bonchev–Trinajstić information content (AvgIpc) is 3.06. The van der Waals surface area contributed by atoms with Crippen LogP contribution in [0.1, 0.15) is 59.9 Å². The molecule has 0 radical (unpaired) electrons. The van der Waals surface area contributed by atoms with Crippen molar-refractivity contribution < 1.29 is 14.4 Å². The number of hydrogen-bond donors (Lipinski definition) is 3. The van der Waals surface area contributed by atoms with E-state index in [0.29, 0.717) is 36.7 Å². The molecular weight excluding hydrogens is 358 g/mol. The summed E-state index contributed by atoms with van der Waals surface area (Å²) in [5, 5.41) is 8.34. The van der Waals surface area contributed by atoms with Crippen molar-refractivity contribution >= 4 is 29.1 Å². The van der Waals surface area contributed by atoms with Gasteiger partial charge in [-0.25, -0.2) is 4.98 Å². The molecule has 1 aliphatic heterocycles. The summed E-state index contributed by atoms with van der Waals surface area (Å²) in [5.41, 5.74) is 2.22. The minimum absolute atomic E-state index is 0.186. The van der Waals surface area contributed by atoms with E-state index in [1.807, 2.05) is 11.5 Å². The number of carbonyl (C=O) groups excluding carboxylic acids is 3. The first-order valence-corrected chi connectivity index (χ1v) is 9.56. The second kappa shape index (κ2) is 8.69. The Kier molecular flexibility index (Phi) is 6.08. The van der Waals surface area contributed by atoms with Gasteiger partial charge in [0.2, 0.25) is 5.91 Å². The SMILES string of the molecule is CCCNC(=O)c1nc(C(=O)Nc2cccc(NC(C)=O)c2)c2n1CCCC2. The summed E-state index contributed by atoms with van der Waals surface area (Å²) >= 11 is 0. The molecule has 28 heavy (non-hydrogen) atoms. The van der Waals surface area contributed by atoms with Crippen molar-refractivity contribution in [3.8, 4) is 0 Å². The fourth-order valence-corrected chi connectivity index (χ4v) is 3.28. The van der Waals surface area contributed by atoms with E-state index >= 15 is 0 Å². The number of aromatic nitrogens is 2. The molecule has 0 fully saturated rings. The van der Waals surface area contributed by atoms with Gasteiger partial charge < -0.3 is 20.5 Å². The van der Waals surface area contributed by atoms with E-state index in [-0.39, 0.29) is 23.4 Å². The van der Waals surface area contributed by atoms with Crippen LogP contribution in [0.3, 0.4) is 0 Å². The number of imidazole rings is 1. The van der Waals surface area contributed by atoms with Gasteiger partial charge in [-0.05, 0) is 43.9 Å². The van der Waals surface area contributed by atoms with Gasteiger partial charge in [-0.3, -0.25) is 14.4 Å². The molecule has 0 aliphatic carbocycles. The van der Waals surface area contributed by atoms with Crippen molar-refractivity contribution in [2.75, 3.05) is 17.2 Å². The number of benzene rings is 1. The molecule has 1 aromatic heterocycles. The quantitative estimate of drug-likeness (QED) is 0.713. The number of amides is 3. The summed E-state index contributed by atoms with van der Waals surface area (Å²) in [5.74, 6) is -0.508. The number of anilines is 2. The lowest BCUT2D eigenvalue weighted by atomic mass is 10.1. The Labute approximate surface area is 163 Å². The van der Waals surface area contributed by atoms with Gasteiger partial charge in [-0.2, -0.15) is 0 Å². The molecule has 3 N–H and O–H groups in total. The van der Waals surface area contributed by atoms with Crippen molar-refractivity contribution in [3.63, 3.8) is 0 Å². The van der Waals surface area contributed by atoms with Crippen LogP contribution >= 0.6 is 0 Å². The Morgan fingerprint density at radius 1 is 1.11 bits per heavy atom. The molecule has 3 rings (SSSR count). The van der Waals surface area contributed by atoms with Crippen LogP contribution in [0.2, 0.25) is 0 Å². The zero-order chi connectivity index (χ0) is 20.1. The third-order valence-electron chi connectivity index (χ3n) is 4.51. The average molecular weight is 383 g/mol. The fraction of sp³-hybridized carbons (Fsp3) is 0.400. The van der Waals surface area contributed by atoms with Crippen molar-refractivity contribution in [2.45, 2.75) is 46.1 Å². The molecule has 1 aliphatic rings. The summed E-state index contributed by atoms with van der Waals surface area (Å²) in [6.45, 7) is 4.66. The Bertz CT molecular complexity index is 903. The highest BCUT2D eigenvalue weighted by atomic mass is 16.2. The lowest BCUT2D eigenvalue weighted by Crippen LogP contribution is -2.28. The second-order valence-electron chi connectivity index (χ2n) is 6.81.